The first-order valence-electron chi connectivity index (χ1n) is 6.48. The van der Waals surface area contributed by atoms with Gasteiger partial charge in [0.2, 0.25) is 0 Å². The number of amides is 3. The highest BCUT2D eigenvalue weighted by molar-refractivity contribution is 14.1. The van der Waals surface area contributed by atoms with E-state index < -0.39 is 16.9 Å². The third kappa shape index (κ3) is 5.66. The number of hydrogen-bond acceptors (Lipinski definition) is 4. The van der Waals surface area contributed by atoms with Gasteiger partial charge < -0.3 is 5.32 Å². The van der Waals surface area contributed by atoms with Gasteiger partial charge in [0.15, 0.2) is 0 Å². The highest BCUT2D eigenvalue weighted by Crippen LogP contribution is 2.21. The minimum absolute atomic E-state index is 0.0748. The molecule has 3 amide bonds. The van der Waals surface area contributed by atoms with E-state index >= 15 is 0 Å². The number of nitrogens with one attached hydrogen (secondary N) is 2. The molecule has 0 bridgehead atoms. The number of rotatable bonds is 6. The molecule has 2 N–H and O–H groups in total. The van der Waals surface area contributed by atoms with Crippen LogP contribution in [-0.4, -0.2) is 23.4 Å². The molecule has 1 aromatic rings. The summed E-state index contributed by atoms with van der Waals surface area (Å²) in [7, 11) is 0. The fourth-order valence-electron chi connectivity index (χ4n) is 1.59. The van der Waals surface area contributed by atoms with Crippen molar-refractivity contribution in [3.8, 4) is 0 Å². The topological polar surface area (TPSA) is 101 Å². The Labute approximate surface area is 135 Å². The molecule has 0 spiro atoms. The number of nitro benzene ring substituents is 1. The predicted octanol–water partition coefficient (Wildman–Crippen LogP) is 2.83. The van der Waals surface area contributed by atoms with Crippen LogP contribution in [0.3, 0.4) is 0 Å². The number of halogens is 1. The molecule has 0 aromatic heterocycles. The summed E-state index contributed by atoms with van der Waals surface area (Å²) in [5, 5.41) is 15.5. The first-order chi connectivity index (χ1) is 9.95. The van der Waals surface area contributed by atoms with E-state index in [-0.39, 0.29) is 11.3 Å². The minimum Gasteiger partial charge on any atom is -0.338 e. The number of nitrogens with zero attached hydrogens (tertiary/aromatic N) is 1. The molecule has 0 aliphatic heterocycles. The molecule has 0 aliphatic carbocycles. The van der Waals surface area contributed by atoms with Crippen molar-refractivity contribution < 1.29 is 14.5 Å². The van der Waals surface area contributed by atoms with Gasteiger partial charge in [-0.05, 0) is 41.1 Å². The molecule has 0 fully saturated rings. The Morgan fingerprint density at radius 3 is 2.67 bits per heavy atom. The maximum Gasteiger partial charge on any atom is 0.321 e. The van der Waals surface area contributed by atoms with Crippen LogP contribution in [0.15, 0.2) is 18.2 Å². The van der Waals surface area contributed by atoms with Gasteiger partial charge in [0.1, 0.15) is 0 Å². The molecule has 0 radical (unpaired) electrons. The third-order valence-corrected chi connectivity index (χ3v) is 3.61. The predicted molar refractivity (Wildman–Crippen MR) is 86.2 cm³/mol. The van der Waals surface area contributed by atoms with E-state index in [0.717, 1.165) is 25.3 Å². The third-order valence-electron chi connectivity index (χ3n) is 2.70. The Kier molecular flexibility index (Phi) is 7.06. The first kappa shape index (κ1) is 17.3. The van der Waals surface area contributed by atoms with Crippen molar-refractivity contribution in [1.82, 2.24) is 10.6 Å². The van der Waals surface area contributed by atoms with Crippen molar-refractivity contribution in [3.63, 3.8) is 0 Å². The lowest BCUT2D eigenvalue weighted by molar-refractivity contribution is -0.385. The number of unbranched alkanes of at least 4 members (excludes halogenated alkanes) is 2. The molecule has 7 nitrogen and oxygen atoms in total. The largest absolute Gasteiger partial charge is 0.338 e. The molecule has 0 atom stereocenters. The lowest BCUT2D eigenvalue weighted by Gasteiger charge is -2.06. The van der Waals surface area contributed by atoms with E-state index in [4.69, 9.17) is 0 Å². The number of carbonyl (C=O) groups excluding carboxylic acids is 2. The average Bonchev–Trinajstić information content (AvgIpc) is 2.43. The number of urea groups is 1. The van der Waals surface area contributed by atoms with Gasteiger partial charge in [-0.25, -0.2) is 4.79 Å². The second kappa shape index (κ2) is 8.55. The fraction of sp³-hybridized carbons (Fsp3) is 0.385. The van der Waals surface area contributed by atoms with Crippen LogP contribution < -0.4 is 10.6 Å². The second-order valence-electron chi connectivity index (χ2n) is 4.34. The fourth-order valence-corrected chi connectivity index (χ4v) is 2.12. The van der Waals surface area contributed by atoms with Crippen LogP contribution in [0.1, 0.15) is 36.5 Å². The Balaban J connectivity index is 2.61. The van der Waals surface area contributed by atoms with Crippen LogP contribution in [-0.2, 0) is 0 Å². The summed E-state index contributed by atoms with van der Waals surface area (Å²) in [6.07, 6.45) is 2.87. The number of benzene rings is 1. The monoisotopic (exact) mass is 405 g/mol. The number of nitro groups is 1. The molecular formula is C13H16IN3O4. The summed E-state index contributed by atoms with van der Waals surface area (Å²) >= 11 is 1.81. The van der Waals surface area contributed by atoms with E-state index in [0.29, 0.717) is 10.1 Å². The molecule has 0 saturated heterocycles. The summed E-state index contributed by atoms with van der Waals surface area (Å²) in [5.41, 5.74) is -0.0857. The Bertz CT molecular complexity index is 548. The van der Waals surface area contributed by atoms with Crippen molar-refractivity contribution in [2.24, 2.45) is 0 Å². The lowest BCUT2D eigenvalue weighted by atomic mass is 10.2. The molecule has 1 aromatic carbocycles. The number of carbonyl (C=O) groups is 2. The van der Waals surface area contributed by atoms with Crippen LogP contribution in [0.25, 0.3) is 0 Å². The second-order valence-corrected chi connectivity index (χ2v) is 5.50. The summed E-state index contributed by atoms with van der Waals surface area (Å²) in [4.78, 5) is 33.6. The van der Waals surface area contributed by atoms with Gasteiger partial charge in [0.25, 0.3) is 11.6 Å². The van der Waals surface area contributed by atoms with Crippen molar-refractivity contribution in [1.29, 1.82) is 0 Å². The zero-order valence-corrected chi connectivity index (χ0v) is 13.7. The van der Waals surface area contributed by atoms with E-state index in [2.05, 4.69) is 10.6 Å². The Morgan fingerprint density at radius 1 is 1.33 bits per heavy atom. The SMILES string of the molecule is CCCCCNC(=O)NC(=O)c1ccc(I)c([N+](=O)[O-])c1. The average molecular weight is 405 g/mol. The van der Waals surface area contributed by atoms with Crippen molar-refractivity contribution in [2.75, 3.05) is 6.54 Å². The molecule has 21 heavy (non-hydrogen) atoms. The number of hydrogen-bond donors (Lipinski definition) is 2. The molecule has 0 unspecified atom stereocenters. The lowest BCUT2D eigenvalue weighted by Crippen LogP contribution is -2.39. The van der Waals surface area contributed by atoms with Gasteiger partial charge in [-0.15, -0.1) is 0 Å². The van der Waals surface area contributed by atoms with E-state index in [1.807, 2.05) is 29.5 Å². The van der Waals surface area contributed by atoms with Crippen molar-refractivity contribution in [2.45, 2.75) is 26.2 Å². The maximum absolute atomic E-state index is 11.8. The van der Waals surface area contributed by atoms with Gasteiger partial charge in [-0.1, -0.05) is 19.8 Å². The maximum atomic E-state index is 11.8. The van der Waals surface area contributed by atoms with Crippen LogP contribution in [0, 0.1) is 13.7 Å². The summed E-state index contributed by atoms with van der Waals surface area (Å²) < 4.78 is 0.429. The Hall–Kier alpha value is -1.71. The number of imide groups is 1. The van der Waals surface area contributed by atoms with Gasteiger partial charge in [-0.2, -0.15) is 0 Å². The highest BCUT2D eigenvalue weighted by Gasteiger charge is 2.17. The smallest absolute Gasteiger partial charge is 0.321 e. The van der Waals surface area contributed by atoms with Gasteiger partial charge >= 0.3 is 6.03 Å². The summed E-state index contributed by atoms with van der Waals surface area (Å²) in [5.74, 6) is -0.664. The standard InChI is InChI=1S/C13H16IN3O4/c1-2-3-4-7-15-13(19)16-12(18)9-5-6-10(14)11(8-9)17(20)21/h5-6,8H,2-4,7H2,1H3,(H2,15,16,18,19). The molecule has 0 aliphatic rings. The molecule has 114 valence electrons. The van der Waals surface area contributed by atoms with Gasteiger partial charge in [0, 0.05) is 18.2 Å². The highest BCUT2D eigenvalue weighted by atomic mass is 127. The molecular weight excluding hydrogens is 389 g/mol. The quantitative estimate of drug-likeness (QED) is 0.329. The van der Waals surface area contributed by atoms with Crippen LogP contribution in [0.4, 0.5) is 10.5 Å². The van der Waals surface area contributed by atoms with Gasteiger partial charge in [0.05, 0.1) is 8.49 Å². The summed E-state index contributed by atoms with van der Waals surface area (Å²) in [6.45, 7) is 2.53. The molecule has 0 heterocycles. The minimum atomic E-state index is -0.664. The van der Waals surface area contributed by atoms with Crippen LogP contribution >= 0.6 is 22.6 Å². The zero-order chi connectivity index (χ0) is 15.8. The van der Waals surface area contributed by atoms with E-state index in [1.165, 1.54) is 12.1 Å². The summed E-state index contributed by atoms with van der Waals surface area (Å²) in [6, 6.07) is 3.46. The molecule has 0 saturated carbocycles. The normalized spacial score (nSPS) is 10.0. The first-order valence-corrected chi connectivity index (χ1v) is 7.56. The zero-order valence-electron chi connectivity index (χ0n) is 11.5. The molecule has 1 rings (SSSR count). The van der Waals surface area contributed by atoms with Crippen molar-refractivity contribution in [3.05, 3.63) is 37.4 Å². The van der Waals surface area contributed by atoms with E-state index in [1.54, 1.807) is 0 Å². The van der Waals surface area contributed by atoms with Crippen LogP contribution in [0.2, 0.25) is 0 Å². The van der Waals surface area contributed by atoms with E-state index in [9.17, 15) is 19.7 Å². The molecule has 8 heteroatoms. The Morgan fingerprint density at radius 2 is 2.05 bits per heavy atom. The van der Waals surface area contributed by atoms with Gasteiger partial charge in [-0.3, -0.25) is 20.2 Å². The van der Waals surface area contributed by atoms with Crippen LogP contribution in [0.5, 0.6) is 0 Å². The van der Waals surface area contributed by atoms with Crippen molar-refractivity contribution >= 4 is 40.2 Å².